The van der Waals surface area contributed by atoms with Gasteiger partial charge in [0, 0.05) is 13.1 Å². The first kappa shape index (κ1) is 16.8. The second-order valence-electron chi connectivity index (χ2n) is 7.49. The summed E-state index contributed by atoms with van der Waals surface area (Å²) in [5.41, 5.74) is 0. The lowest BCUT2D eigenvalue weighted by Crippen LogP contribution is -2.40. The third-order valence-electron chi connectivity index (χ3n) is 5.99. The molecule has 2 saturated heterocycles. The summed E-state index contributed by atoms with van der Waals surface area (Å²) in [6, 6.07) is 1.12. The zero-order valence-electron chi connectivity index (χ0n) is 15.0. The Kier molecular flexibility index (Phi) is 5.64. The number of nitrogens with zero attached hydrogens (tertiary/aromatic N) is 6. The fourth-order valence-electron chi connectivity index (χ4n) is 4.22. The van der Waals surface area contributed by atoms with Crippen molar-refractivity contribution in [2.45, 2.75) is 64.5 Å². The maximum absolute atomic E-state index is 4.17. The molecule has 0 amide bonds. The molecule has 1 aromatic heterocycles. The quantitative estimate of drug-likeness (QED) is 0.833. The maximum atomic E-state index is 4.17. The number of piperidine rings is 2. The fourth-order valence-corrected chi connectivity index (χ4v) is 4.22. The molecule has 2 aliphatic heterocycles. The molecule has 130 valence electrons. The Bertz CT molecular complexity index is 479. The van der Waals surface area contributed by atoms with E-state index in [0.29, 0.717) is 6.04 Å². The number of aryl methyl sites for hydroxylation is 1. The van der Waals surface area contributed by atoms with Crippen LogP contribution < -0.4 is 0 Å². The first-order valence-electron chi connectivity index (χ1n) is 9.35. The fraction of sp³-hybridized carbons (Fsp3) is 0.941. The predicted molar refractivity (Wildman–Crippen MR) is 91.0 cm³/mol. The summed E-state index contributed by atoms with van der Waals surface area (Å²) in [5.74, 6) is 1.87. The molecule has 1 aromatic rings. The van der Waals surface area contributed by atoms with Crippen molar-refractivity contribution in [3.05, 3.63) is 5.82 Å². The lowest BCUT2D eigenvalue weighted by atomic mass is 9.91. The van der Waals surface area contributed by atoms with Crippen LogP contribution in [0.5, 0.6) is 0 Å². The molecular weight excluding hydrogens is 288 g/mol. The van der Waals surface area contributed by atoms with Gasteiger partial charge in [0.05, 0.1) is 6.04 Å². The van der Waals surface area contributed by atoms with Gasteiger partial charge in [0.25, 0.3) is 0 Å². The van der Waals surface area contributed by atoms with Crippen molar-refractivity contribution < 1.29 is 0 Å². The third kappa shape index (κ3) is 4.10. The van der Waals surface area contributed by atoms with Gasteiger partial charge in [-0.05, 0) is 88.5 Å². The molecule has 0 spiro atoms. The standard InChI is InChI=1S/C17H32N6/c1-14-6-4-5-10-22(14)11-7-16-8-12-23(13-9-16)15(2)17-18-19-20-21(17)3/h14-16H,4-13H2,1-3H3/t14-,15+/m1/s1. The number of tetrazole rings is 1. The summed E-state index contributed by atoms with van der Waals surface area (Å²) in [6.45, 7) is 9.59. The van der Waals surface area contributed by atoms with Gasteiger partial charge >= 0.3 is 0 Å². The van der Waals surface area contributed by atoms with Crippen molar-refractivity contribution in [2.75, 3.05) is 26.2 Å². The lowest BCUT2D eigenvalue weighted by Gasteiger charge is -2.37. The van der Waals surface area contributed by atoms with E-state index in [1.165, 1.54) is 64.7 Å². The van der Waals surface area contributed by atoms with Crippen LogP contribution in [0.4, 0.5) is 0 Å². The van der Waals surface area contributed by atoms with Crippen LogP contribution in [0.1, 0.15) is 64.2 Å². The van der Waals surface area contributed by atoms with Gasteiger partial charge in [-0.1, -0.05) is 6.42 Å². The Morgan fingerprint density at radius 3 is 2.57 bits per heavy atom. The van der Waals surface area contributed by atoms with Crippen LogP contribution in [0.15, 0.2) is 0 Å². The van der Waals surface area contributed by atoms with Gasteiger partial charge < -0.3 is 4.90 Å². The van der Waals surface area contributed by atoms with E-state index in [-0.39, 0.29) is 0 Å². The van der Waals surface area contributed by atoms with Crippen LogP contribution >= 0.6 is 0 Å². The topological polar surface area (TPSA) is 50.1 Å². The van der Waals surface area contributed by atoms with Crippen LogP contribution in [0.2, 0.25) is 0 Å². The molecule has 0 unspecified atom stereocenters. The van der Waals surface area contributed by atoms with Crippen LogP contribution in [0.25, 0.3) is 0 Å². The van der Waals surface area contributed by atoms with Gasteiger partial charge in [0.2, 0.25) is 0 Å². The molecule has 3 rings (SSSR count). The highest BCUT2D eigenvalue weighted by Gasteiger charge is 2.27. The van der Waals surface area contributed by atoms with Gasteiger partial charge in [0.1, 0.15) is 0 Å². The van der Waals surface area contributed by atoms with E-state index in [2.05, 4.69) is 39.2 Å². The Morgan fingerprint density at radius 1 is 1.13 bits per heavy atom. The summed E-state index contributed by atoms with van der Waals surface area (Å²) in [4.78, 5) is 5.25. The summed E-state index contributed by atoms with van der Waals surface area (Å²) in [6.07, 6.45) is 8.21. The SMILES string of the molecule is C[C@@H]1CCCCN1CCC1CCN([C@@H](C)c2nnnn2C)CC1. The van der Waals surface area contributed by atoms with Crippen molar-refractivity contribution in [3.8, 4) is 0 Å². The number of rotatable bonds is 5. The van der Waals surface area contributed by atoms with E-state index in [0.717, 1.165) is 17.8 Å². The molecule has 0 N–H and O–H groups in total. The summed E-state index contributed by atoms with van der Waals surface area (Å²) < 4.78 is 1.80. The summed E-state index contributed by atoms with van der Waals surface area (Å²) in [7, 11) is 1.93. The number of likely N-dealkylation sites (tertiary alicyclic amines) is 2. The zero-order valence-corrected chi connectivity index (χ0v) is 15.0. The molecule has 0 radical (unpaired) electrons. The van der Waals surface area contributed by atoms with Crippen molar-refractivity contribution in [3.63, 3.8) is 0 Å². The van der Waals surface area contributed by atoms with E-state index in [1.807, 2.05) is 7.05 Å². The molecule has 0 aromatic carbocycles. The van der Waals surface area contributed by atoms with Crippen molar-refractivity contribution in [1.82, 2.24) is 30.0 Å². The monoisotopic (exact) mass is 320 g/mol. The van der Waals surface area contributed by atoms with Crippen molar-refractivity contribution in [2.24, 2.45) is 13.0 Å². The first-order chi connectivity index (χ1) is 11.1. The van der Waals surface area contributed by atoms with E-state index >= 15 is 0 Å². The first-order valence-corrected chi connectivity index (χ1v) is 9.35. The van der Waals surface area contributed by atoms with E-state index < -0.39 is 0 Å². The number of hydrogen-bond donors (Lipinski definition) is 0. The van der Waals surface area contributed by atoms with Gasteiger partial charge in [0.15, 0.2) is 5.82 Å². The second-order valence-corrected chi connectivity index (χ2v) is 7.49. The Hall–Kier alpha value is -1.01. The molecule has 23 heavy (non-hydrogen) atoms. The molecular formula is C17H32N6. The Balaban J connectivity index is 1.42. The van der Waals surface area contributed by atoms with E-state index in [1.54, 1.807) is 4.68 Å². The minimum Gasteiger partial charge on any atom is -0.301 e. The maximum Gasteiger partial charge on any atom is 0.167 e. The van der Waals surface area contributed by atoms with Gasteiger partial charge in [-0.15, -0.1) is 5.10 Å². The molecule has 3 heterocycles. The lowest BCUT2D eigenvalue weighted by molar-refractivity contribution is 0.109. The Morgan fingerprint density at radius 2 is 1.91 bits per heavy atom. The summed E-state index contributed by atoms with van der Waals surface area (Å²) in [5, 5.41) is 11.9. The average Bonchev–Trinajstić information content (AvgIpc) is 3.00. The molecule has 6 heteroatoms. The molecule has 0 aliphatic carbocycles. The van der Waals surface area contributed by atoms with Crippen molar-refractivity contribution >= 4 is 0 Å². The van der Waals surface area contributed by atoms with Crippen LogP contribution in [0.3, 0.4) is 0 Å². The Labute approximate surface area is 140 Å². The second kappa shape index (κ2) is 7.71. The number of aromatic nitrogens is 4. The highest BCUT2D eigenvalue weighted by molar-refractivity contribution is 4.91. The average molecular weight is 320 g/mol. The number of hydrogen-bond acceptors (Lipinski definition) is 5. The van der Waals surface area contributed by atoms with Crippen LogP contribution in [-0.4, -0.2) is 62.2 Å². The molecule has 2 fully saturated rings. The zero-order chi connectivity index (χ0) is 16.2. The molecule has 0 bridgehead atoms. The minimum atomic E-state index is 0.318. The van der Waals surface area contributed by atoms with Gasteiger partial charge in [-0.3, -0.25) is 4.90 Å². The van der Waals surface area contributed by atoms with Crippen molar-refractivity contribution in [1.29, 1.82) is 0 Å². The normalized spacial score (nSPS) is 26.5. The predicted octanol–water partition coefficient (Wildman–Crippen LogP) is 2.25. The highest BCUT2D eigenvalue weighted by Crippen LogP contribution is 2.27. The van der Waals surface area contributed by atoms with E-state index in [4.69, 9.17) is 0 Å². The van der Waals surface area contributed by atoms with Gasteiger partial charge in [-0.2, -0.15) is 0 Å². The van der Waals surface area contributed by atoms with Crippen LogP contribution in [-0.2, 0) is 7.05 Å². The van der Waals surface area contributed by atoms with E-state index in [9.17, 15) is 0 Å². The van der Waals surface area contributed by atoms with Gasteiger partial charge in [-0.25, -0.2) is 4.68 Å². The van der Waals surface area contributed by atoms with Crippen LogP contribution in [0, 0.1) is 5.92 Å². The minimum absolute atomic E-state index is 0.318. The molecule has 2 aliphatic rings. The highest BCUT2D eigenvalue weighted by atomic mass is 15.5. The largest absolute Gasteiger partial charge is 0.301 e. The third-order valence-corrected chi connectivity index (χ3v) is 5.99. The molecule has 2 atom stereocenters. The smallest absolute Gasteiger partial charge is 0.167 e. The summed E-state index contributed by atoms with van der Waals surface area (Å²) >= 11 is 0. The molecule has 6 nitrogen and oxygen atoms in total. The molecule has 0 saturated carbocycles.